The minimum atomic E-state index is -3.78. The molecule has 1 aliphatic carbocycles. The minimum absolute atomic E-state index is 1.10. The highest BCUT2D eigenvalue weighted by Crippen LogP contribution is 2.42. The number of carbonyl (C=O) groups is 3. The van der Waals surface area contributed by atoms with E-state index in [0.29, 0.717) is 0 Å². The number of carboxylic acids is 3. The first-order chi connectivity index (χ1) is 15.3. The molecule has 1 saturated carbocycles. The molecular weight excluding hydrogens is 525 g/mol. The second-order valence-electron chi connectivity index (χ2n) is 6.02. The van der Waals surface area contributed by atoms with Gasteiger partial charge < -0.3 is 44.2 Å². The lowest BCUT2D eigenvalue weighted by Crippen LogP contribution is -2.64. The van der Waals surface area contributed by atoms with E-state index in [0.717, 1.165) is 0 Å². The summed E-state index contributed by atoms with van der Waals surface area (Å²) in [4.78, 5) is 31.6. The van der Waals surface area contributed by atoms with Gasteiger partial charge in [-0.3, -0.25) is 27.3 Å². The Hall–Kier alpha value is -1.26. The second-order valence-corrected chi connectivity index (χ2v) is 9.09. The van der Waals surface area contributed by atoms with Crippen molar-refractivity contribution >= 4 is 42.7 Å². The standard InChI is InChI=1S/C12H21O18P3/c13-4(14)1-25-31(22)28-10-8(20)7(19)9(21)11(29-32(23)26-2-5(15)16)12(10)30-33(24)27-3-6(17)18/h7-12,19-21,31-33H,1-3H2,(H,13,14)(H,15,16)(H,17,18)/t7-,8-,9+,10-,11-,12-/m0/s1. The van der Waals surface area contributed by atoms with Crippen LogP contribution < -0.4 is 0 Å². The average Bonchev–Trinajstić information content (AvgIpc) is 2.73. The molecule has 6 N–H and O–H groups in total. The first kappa shape index (κ1) is 29.8. The number of aliphatic carboxylic acids is 3. The Morgan fingerprint density at radius 2 is 0.818 bits per heavy atom. The third-order valence-corrected chi connectivity index (χ3v) is 6.19. The molecule has 0 saturated heterocycles. The van der Waals surface area contributed by atoms with Gasteiger partial charge in [-0.1, -0.05) is 0 Å². The second kappa shape index (κ2) is 14.2. The summed E-state index contributed by atoms with van der Waals surface area (Å²) >= 11 is 0. The molecular formula is C12H21O18P3. The SMILES string of the molecule is O=C(O)CO[PH](=O)O[C@@H]1[C@@H](O[PH](=O)OCC(=O)O)[C@H](O)[C@@H](O)[C@H](O)[C@@H]1O[PH](=O)OCC(=O)O. The van der Waals surface area contributed by atoms with Crippen molar-refractivity contribution in [2.75, 3.05) is 19.8 Å². The summed E-state index contributed by atoms with van der Waals surface area (Å²) in [5, 5.41) is 56.1. The minimum Gasteiger partial charge on any atom is -0.480 e. The van der Waals surface area contributed by atoms with Crippen LogP contribution in [0.25, 0.3) is 0 Å². The van der Waals surface area contributed by atoms with E-state index in [9.17, 15) is 43.4 Å². The van der Waals surface area contributed by atoms with Gasteiger partial charge in [-0.2, -0.15) is 0 Å². The van der Waals surface area contributed by atoms with Gasteiger partial charge in [-0.25, -0.2) is 14.4 Å². The zero-order valence-electron chi connectivity index (χ0n) is 16.2. The van der Waals surface area contributed by atoms with Crippen molar-refractivity contribution in [3.8, 4) is 0 Å². The third-order valence-electron chi connectivity index (χ3n) is 3.66. The zero-order chi connectivity index (χ0) is 25.3. The van der Waals surface area contributed by atoms with Crippen molar-refractivity contribution in [2.45, 2.75) is 36.6 Å². The molecule has 0 radical (unpaired) electrons. The molecule has 0 aromatic heterocycles. The highest BCUT2D eigenvalue weighted by Gasteiger charge is 2.53. The Morgan fingerprint density at radius 3 is 1.09 bits per heavy atom. The van der Waals surface area contributed by atoms with Crippen LogP contribution in [0.15, 0.2) is 0 Å². The van der Waals surface area contributed by atoms with Crippen LogP contribution in [0.3, 0.4) is 0 Å². The van der Waals surface area contributed by atoms with Crippen LogP contribution in [-0.2, 0) is 55.2 Å². The fourth-order valence-corrected chi connectivity index (χ4v) is 4.78. The molecule has 1 rings (SSSR count). The van der Waals surface area contributed by atoms with E-state index in [4.69, 9.17) is 28.9 Å². The summed E-state index contributed by atoms with van der Waals surface area (Å²) in [5.74, 6) is -4.66. The molecule has 21 heteroatoms. The highest BCUT2D eigenvalue weighted by molar-refractivity contribution is 7.34. The monoisotopic (exact) mass is 546 g/mol. The Labute approximate surface area is 185 Å². The molecule has 33 heavy (non-hydrogen) atoms. The lowest BCUT2D eigenvalue weighted by molar-refractivity contribution is -0.206. The molecule has 0 aliphatic heterocycles. The van der Waals surface area contributed by atoms with E-state index in [1.54, 1.807) is 0 Å². The quantitative estimate of drug-likeness (QED) is 0.118. The van der Waals surface area contributed by atoms with Crippen molar-refractivity contribution < 1.29 is 85.9 Å². The van der Waals surface area contributed by atoms with Crippen molar-refractivity contribution in [1.82, 2.24) is 0 Å². The molecule has 192 valence electrons. The van der Waals surface area contributed by atoms with Gasteiger partial charge in [0.1, 0.15) is 36.6 Å². The third kappa shape index (κ3) is 10.3. The predicted molar refractivity (Wildman–Crippen MR) is 100 cm³/mol. The van der Waals surface area contributed by atoms with Crippen molar-refractivity contribution in [3.63, 3.8) is 0 Å². The van der Waals surface area contributed by atoms with Crippen molar-refractivity contribution in [3.05, 3.63) is 0 Å². The lowest BCUT2D eigenvalue weighted by atomic mass is 9.85. The van der Waals surface area contributed by atoms with Crippen molar-refractivity contribution in [1.29, 1.82) is 0 Å². The maximum Gasteiger partial charge on any atom is 0.330 e. The molecule has 18 nitrogen and oxygen atoms in total. The average molecular weight is 546 g/mol. The van der Waals surface area contributed by atoms with Crippen LogP contribution in [0.4, 0.5) is 0 Å². The van der Waals surface area contributed by atoms with Crippen LogP contribution in [0.5, 0.6) is 0 Å². The van der Waals surface area contributed by atoms with E-state index in [1.165, 1.54) is 0 Å². The van der Waals surface area contributed by atoms with Gasteiger partial charge in [-0.05, 0) is 0 Å². The zero-order valence-corrected chi connectivity index (χ0v) is 19.2. The molecule has 1 fully saturated rings. The summed E-state index contributed by atoms with van der Waals surface area (Å²) < 4.78 is 63.5. The number of carboxylic acid groups (broad SMARTS) is 3. The molecule has 3 unspecified atom stereocenters. The van der Waals surface area contributed by atoms with Gasteiger partial charge in [0.2, 0.25) is 0 Å². The topological polar surface area (TPSA) is 279 Å². The number of aliphatic hydroxyl groups is 3. The van der Waals surface area contributed by atoms with E-state index in [2.05, 4.69) is 13.6 Å². The summed E-state index contributed by atoms with van der Waals surface area (Å²) in [6, 6.07) is 0. The van der Waals surface area contributed by atoms with Gasteiger partial charge in [0, 0.05) is 0 Å². The number of hydrogen-bond acceptors (Lipinski definition) is 15. The summed E-state index contributed by atoms with van der Waals surface area (Å²) in [7, 11) is -11.3. The van der Waals surface area contributed by atoms with Gasteiger partial charge in [0.15, 0.2) is 19.8 Å². The summed E-state index contributed by atoms with van der Waals surface area (Å²) in [6.45, 7) is -3.33. The van der Waals surface area contributed by atoms with Crippen LogP contribution in [-0.4, -0.2) is 105 Å². The largest absolute Gasteiger partial charge is 0.480 e. The normalized spacial score (nSPS) is 30.3. The van der Waals surface area contributed by atoms with E-state index < -0.39 is 99.1 Å². The van der Waals surface area contributed by atoms with Crippen LogP contribution >= 0.6 is 24.8 Å². The molecule has 1 aliphatic rings. The van der Waals surface area contributed by atoms with E-state index in [1.807, 2.05) is 0 Å². The molecule has 0 amide bonds. The molecule has 9 atom stereocenters. The molecule has 0 aromatic rings. The highest BCUT2D eigenvalue weighted by atomic mass is 31.1. The summed E-state index contributed by atoms with van der Waals surface area (Å²) in [6.07, 6.45) is -12.6. The molecule has 0 bridgehead atoms. The van der Waals surface area contributed by atoms with Crippen LogP contribution in [0.1, 0.15) is 0 Å². The summed E-state index contributed by atoms with van der Waals surface area (Å²) in [5.41, 5.74) is 0. The number of aliphatic hydroxyl groups excluding tert-OH is 3. The Bertz CT molecular complexity index is 727. The van der Waals surface area contributed by atoms with Gasteiger partial charge in [0.25, 0.3) is 0 Å². The van der Waals surface area contributed by atoms with E-state index in [-0.39, 0.29) is 0 Å². The van der Waals surface area contributed by atoms with Gasteiger partial charge in [0.05, 0.1) is 0 Å². The van der Waals surface area contributed by atoms with Crippen LogP contribution in [0.2, 0.25) is 0 Å². The Morgan fingerprint density at radius 1 is 0.545 bits per heavy atom. The molecule has 0 spiro atoms. The lowest BCUT2D eigenvalue weighted by Gasteiger charge is -2.44. The number of rotatable bonds is 15. The predicted octanol–water partition coefficient (Wildman–Crippen LogP) is -2.29. The Kier molecular flexibility index (Phi) is 12.8. The van der Waals surface area contributed by atoms with Gasteiger partial charge in [-0.15, -0.1) is 0 Å². The van der Waals surface area contributed by atoms with Gasteiger partial charge >= 0.3 is 42.7 Å². The first-order valence-corrected chi connectivity index (χ1v) is 12.2. The molecule has 0 aromatic carbocycles. The molecule has 0 heterocycles. The smallest absolute Gasteiger partial charge is 0.330 e. The number of hydrogen-bond donors (Lipinski definition) is 6. The fourth-order valence-electron chi connectivity index (χ4n) is 2.37. The maximum atomic E-state index is 12.0. The van der Waals surface area contributed by atoms with Crippen molar-refractivity contribution in [2.24, 2.45) is 0 Å². The Balaban J connectivity index is 3.15. The first-order valence-electron chi connectivity index (χ1n) is 8.53. The van der Waals surface area contributed by atoms with Crippen LogP contribution in [0, 0.1) is 0 Å². The van der Waals surface area contributed by atoms with E-state index >= 15 is 0 Å². The maximum absolute atomic E-state index is 12.0. The fraction of sp³-hybridized carbons (Fsp3) is 0.750.